The fraction of sp³-hybridized carbons (Fsp3) is 0.462. The first-order valence-electron chi connectivity index (χ1n) is 6.38. The lowest BCUT2D eigenvalue weighted by molar-refractivity contribution is 0.391. The molecule has 0 bridgehead atoms. The Balaban J connectivity index is 1.63. The monoisotopic (exact) mass is 359 g/mol. The highest BCUT2D eigenvalue weighted by Crippen LogP contribution is 2.33. The number of nitrogens with zero attached hydrogens (tertiary/aromatic N) is 2. The molecule has 2 aromatic rings. The SMILES string of the molecule is Clc1sc(CNC2CCCC2n2ccnc2)cc1Br. The van der Waals surface area contributed by atoms with E-state index in [1.165, 1.54) is 24.1 Å². The Hall–Kier alpha value is -0.360. The van der Waals surface area contributed by atoms with Crippen LogP contribution < -0.4 is 5.32 Å². The maximum atomic E-state index is 6.07. The molecule has 6 heteroatoms. The summed E-state index contributed by atoms with van der Waals surface area (Å²) in [7, 11) is 0. The van der Waals surface area contributed by atoms with Crippen molar-refractivity contribution >= 4 is 38.9 Å². The van der Waals surface area contributed by atoms with Gasteiger partial charge in [0.1, 0.15) is 4.34 Å². The Morgan fingerprint density at radius 3 is 3.11 bits per heavy atom. The van der Waals surface area contributed by atoms with Crippen LogP contribution in [0.25, 0.3) is 0 Å². The number of imidazole rings is 1. The zero-order valence-electron chi connectivity index (χ0n) is 10.4. The number of nitrogens with one attached hydrogen (secondary N) is 1. The molecule has 2 atom stereocenters. The van der Waals surface area contributed by atoms with E-state index in [1.54, 1.807) is 11.3 Å². The first-order chi connectivity index (χ1) is 9.24. The Labute approximate surface area is 130 Å². The third kappa shape index (κ3) is 3.05. The summed E-state index contributed by atoms with van der Waals surface area (Å²) in [6, 6.07) is 3.15. The van der Waals surface area contributed by atoms with Gasteiger partial charge in [-0.25, -0.2) is 4.98 Å². The highest BCUT2D eigenvalue weighted by molar-refractivity contribution is 9.10. The summed E-state index contributed by atoms with van der Waals surface area (Å²) >= 11 is 11.2. The molecule has 2 heterocycles. The lowest BCUT2D eigenvalue weighted by atomic mass is 10.1. The van der Waals surface area contributed by atoms with E-state index in [0.717, 1.165) is 15.4 Å². The van der Waals surface area contributed by atoms with Crippen molar-refractivity contribution in [3.05, 3.63) is 38.5 Å². The van der Waals surface area contributed by atoms with Crippen molar-refractivity contribution in [3.8, 4) is 0 Å². The normalized spacial score (nSPS) is 23.1. The first kappa shape index (κ1) is 13.6. The van der Waals surface area contributed by atoms with Crippen LogP contribution in [0.1, 0.15) is 30.2 Å². The second kappa shape index (κ2) is 5.95. The van der Waals surface area contributed by atoms with E-state index in [9.17, 15) is 0 Å². The van der Waals surface area contributed by atoms with Crippen molar-refractivity contribution in [2.45, 2.75) is 37.9 Å². The van der Waals surface area contributed by atoms with Crippen LogP contribution in [0.15, 0.2) is 29.3 Å². The molecule has 1 fully saturated rings. The smallest absolute Gasteiger partial charge is 0.107 e. The highest BCUT2D eigenvalue weighted by Gasteiger charge is 2.27. The highest BCUT2D eigenvalue weighted by atomic mass is 79.9. The number of rotatable bonds is 4. The van der Waals surface area contributed by atoms with E-state index in [1.807, 2.05) is 12.5 Å². The predicted molar refractivity (Wildman–Crippen MR) is 82.8 cm³/mol. The zero-order chi connectivity index (χ0) is 13.2. The van der Waals surface area contributed by atoms with E-state index in [-0.39, 0.29) is 0 Å². The summed E-state index contributed by atoms with van der Waals surface area (Å²) in [6.45, 7) is 0.881. The first-order valence-corrected chi connectivity index (χ1v) is 8.37. The average molecular weight is 361 g/mol. The second-order valence-corrected chi connectivity index (χ2v) is 7.42. The molecular weight excluding hydrogens is 346 g/mol. The maximum Gasteiger partial charge on any atom is 0.107 e. The molecule has 1 N–H and O–H groups in total. The van der Waals surface area contributed by atoms with Gasteiger partial charge in [0, 0.05) is 40.4 Å². The van der Waals surface area contributed by atoms with Crippen molar-refractivity contribution in [1.29, 1.82) is 0 Å². The summed E-state index contributed by atoms with van der Waals surface area (Å²) in [5.74, 6) is 0. The zero-order valence-corrected chi connectivity index (χ0v) is 13.5. The Morgan fingerprint density at radius 2 is 2.42 bits per heavy atom. The molecule has 19 heavy (non-hydrogen) atoms. The molecule has 1 aliphatic rings. The lowest BCUT2D eigenvalue weighted by Crippen LogP contribution is -2.32. The van der Waals surface area contributed by atoms with Gasteiger partial charge in [-0.05, 0) is 41.3 Å². The molecular formula is C13H15BrClN3S. The molecule has 0 amide bonds. The van der Waals surface area contributed by atoms with Gasteiger partial charge in [0.2, 0.25) is 0 Å². The fourth-order valence-electron chi connectivity index (χ4n) is 2.71. The van der Waals surface area contributed by atoms with Crippen LogP contribution in [-0.4, -0.2) is 15.6 Å². The topological polar surface area (TPSA) is 29.9 Å². The summed E-state index contributed by atoms with van der Waals surface area (Å²) in [5.41, 5.74) is 0. The van der Waals surface area contributed by atoms with Gasteiger partial charge in [0.25, 0.3) is 0 Å². The lowest BCUT2D eigenvalue weighted by Gasteiger charge is -2.21. The Kier molecular flexibility index (Phi) is 4.27. The minimum absolute atomic E-state index is 0.522. The molecule has 2 unspecified atom stereocenters. The number of thiophene rings is 1. The summed E-state index contributed by atoms with van der Waals surface area (Å²) in [4.78, 5) is 5.42. The minimum Gasteiger partial charge on any atom is -0.333 e. The third-order valence-corrected chi connectivity index (χ3v) is 6.10. The van der Waals surface area contributed by atoms with E-state index < -0.39 is 0 Å². The van der Waals surface area contributed by atoms with Crippen LogP contribution in [0, 0.1) is 0 Å². The Bertz CT molecular complexity index is 521. The largest absolute Gasteiger partial charge is 0.333 e. The molecule has 102 valence electrons. The van der Waals surface area contributed by atoms with Crippen molar-refractivity contribution in [3.63, 3.8) is 0 Å². The summed E-state index contributed by atoms with van der Waals surface area (Å²) in [5, 5.41) is 3.66. The van der Waals surface area contributed by atoms with Crippen molar-refractivity contribution < 1.29 is 0 Å². The van der Waals surface area contributed by atoms with E-state index in [0.29, 0.717) is 12.1 Å². The van der Waals surface area contributed by atoms with Gasteiger partial charge in [-0.15, -0.1) is 11.3 Å². The summed E-state index contributed by atoms with van der Waals surface area (Å²) in [6.07, 6.45) is 9.56. The maximum absolute atomic E-state index is 6.07. The van der Waals surface area contributed by atoms with Crippen molar-refractivity contribution in [1.82, 2.24) is 14.9 Å². The van der Waals surface area contributed by atoms with Crippen LogP contribution >= 0.6 is 38.9 Å². The van der Waals surface area contributed by atoms with Gasteiger partial charge in [0.05, 0.1) is 6.33 Å². The van der Waals surface area contributed by atoms with Gasteiger partial charge in [0.15, 0.2) is 0 Å². The second-order valence-electron chi connectivity index (χ2n) is 4.83. The molecule has 1 aliphatic carbocycles. The van der Waals surface area contributed by atoms with Crippen molar-refractivity contribution in [2.24, 2.45) is 0 Å². The number of hydrogen-bond acceptors (Lipinski definition) is 3. The third-order valence-electron chi connectivity index (χ3n) is 3.62. The molecule has 0 spiro atoms. The molecule has 0 radical (unpaired) electrons. The van der Waals surface area contributed by atoms with Gasteiger partial charge < -0.3 is 9.88 Å². The quantitative estimate of drug-likeness (QED) is 0.883. The number of halogens is 2. The Morgan fingerprint density at radius 1 is 1.53 bits per heavy atom. The van der Waals surface area contributed by atoms with Gasteiger partial charge in [-0.2, -0.15) is 0 Å². The van der Waals surface area contributed by atoms with Gasteiger partial charge in [-0.3, -0.25) is 0 Å². The van der Waals surface area contributed by atoms with Crippen LogP contribution in [-0.2, 0) is 6.54 Å². The van der Waals surface area contributed by atoms with Gasteiger partial charge in [-0.1, -0.05) is 11.6 Å². The van der Waals surface area contributed by atoms with Crippen LogP contribution in [0.4, 0.5) is 0 Å². The van der Waals surface area contributed by atoms with Gasteiger partial charge >= 0.3 is 0 Å². The van der Waals surface area contributed by atoms with E-state index in [4.69, 9.17) is 11.6 Å². The molecule has 0 aliphatic heterocycles. The summed E-state index contributed by atoms with van der Waals surface area (Å²) < 4.78 is 4.05. The van der Waals surface area contributed by atoms with Crippen molar-refractivity contribution in [2.75, 3.05) is 0 Å². The van der Waals surface area contributed by atoms with E-state index in [2.05, 4.69) is 43.1 Å². The fourth-order valence-corrected chi connectivity index (χ4v) is 4.45. The molecule has 0 saturated heterocycles. The predicted octanol–water partition coefficient (Wildman–Crippen LogP) is 4.24. The molecule has 2 aromatic heterocycles. The van der Waals surface area contributed by atoms with Crippen LogP contribution in [0.2, 0.25) is 4.34 Å². The molecule has 3 nitrogen and oxygen atoms in total. The number of hydrogen-bond donors (Lipinski definition) is 1. The molecule has 1 saturated carbocycles. The van der Waals surface area contributed by atoms with E-state index >= 15 is 0 Å². The minimum atomic E-state index is 0.522. The number of aromatic nitrogens is 2. The molecule has 3 rings (SSSR count). The average Bonchev–Trinajstić information content (AvgIpc) is 3.09. The standard InChI is InChI=1S/C13H15BrClN3S/c14-10-6-9(19-13(10)15)7-17-11-2-1-3-12(11)18-5-4-16-8-18/h4-6,8,11-12,17H,1-3,7H2. The van der Waals surface area contributed by atoms with Crippen LogP contribution in [0.3, 0.4) is 0 Å². The van der Waals surface area contributed by atoms with Crippen LogP contribution in [0.5, 0.6) is 0 Å². The molecule has 0 aromatic carbocycles.